The number of hydrogen-bond acceptors (Lipinski definition) is 5. The fourth-order valence-corrected chi connectivity index (χ4v) is 2.27. The number of nitrogens with one attached hydrogen (secondary N) is 1. The number of amides is 1. The van der Waals surface area contributed by atoms with Crippen LogP contribution in [0, 0.1) is 0 Å². The highest BCUT2D eigenvalue weighted by atomic mass is 16.6. The molecular formula is C15H18N4O3. The molecule has 2 aromatic rings. The quantitative estimate of drug-likeness (QED) is 0.892. The monoisotopic (exact) mass is 302 g/mol. The van der Waals surface area contributed by atoms with Crippen molar-refractivity contribution in [3.63, 3.8) is 0 Å². The first-order chi connectivity index (χ1) is 10.7. The first-order valence-electron chi connectivity index (χ1n) is 7.22. The van der Waals surface area contributed by atoms with Gasteiger partial charge in [0.2, 0.25) is 5.91 Å². The van der Waals surface area contributed by atoms with Crippen molar-refractivity contribution < 1.29 is 14.3 Å². The van der Waals surface area contributed by atoms with Crippen LogP contribution in [0.15, 0.2) is 36.9 Å². The molecule has 2 unspecified atom stereocenters. The van der Waals surface area contributed by atoms with Crippen molar-refractivity contribution in [1.82, 2.24) is 20.1 Å². The molecule has 22 heavy (non-hydrogen) atoms. The predicted octanol–water partition coefficient (Wildman–Crippen LogP) is 1.01. The number of hydrogen-bond donors (Lipinski definition) is 1. The van der Waals surface area contributed by atoms with E-state index in [0.29, 0.717) is 25.3 Å². The number of carbonyl (C=O) groups excluding carboxylic acids is 1. The van der Waals surface area contributed by atoms with Crippen molar-refractivity contribution in [3.8, 4) is 11.5 Å². The van der Waals surface area contributed by atoms with Gasteiger partial charge in [-0.3, -0.25) is 9.48 Å². The third kappa shape index (κ3) is 3.36. The number of carbonyl (C=O) groups is 1. The third-order valence-electron chi connectivity index (χ3n) is 3.51. The van der Waals surface area contributed by atoms with Gasteiger partial charge in [-0.2, -0.15) is 5.10 Å². The Kier molecular flexibility index (Phi) is 4.22. The number of para-hydroxylation sites is 2. The number of benzene rings is 1. The van der Waals surface area contributed by atoms with Crippen molar-refractivity contribution in [1.29, 1.82) is 0 Å². The lowest BCUT2D eigenvalue weighted by molar-refractivity contribution is -0.122. The summed E-state index contributed by atoms with van der Waals surface area (Å²) >= 11 is 0. The molecule has 2 heterocycles. The summed E-state index contributed by atoms with van der Waals surface area (Å²) in [6.07, 6.45) is 3.18. The van der Waals surface area contributed by atoms with E-state index in [1.807, 2.05) is 31.2 Å². The van der Waals surface area contributed by atoms with E-state index in [4.69, 9.17) is 9.47 Å². The van der Waals surface area contributed by atoms with E-state index in [1.54, 1.807) is 11.0 Å². The predicted molar refractivity (Wildman–Crippen MR) is 78.6 cm³/mol. The molecule has 3 rings (SSSR count). The van der Waals surface area contributed by atoms with Crippen molar-refractivity contribution >= 4 is 5.91 Å². The van der Waals surface area contributed by atoms with E-state index < -0.39 is 0 Å². The smallest absolute Gasteiger partial charge is 0.222 e. The van der Waals surface area contributed by atoms with Gasteiger partial charge in [-0.15, -0.1) is 0 Å². The summed E-state index contributed by atoms with van der Waals surface area (Å²) in [7, 11) is 0. The van der Waals surface area contributed by atoms with Crippen LogP contribution in [0.25, 0.3) is 0 Å². The first-order valence-corrected chi connectivity index (χ1v) is 7.22. The van der Waals surface area contributed by atoms with Gasteiger partial charge >= 0.3 is 0 Å². The van der Waals surface area contributed by atoms with Crippen LogP contribution < -0.4 is 14.8 Å². The molecule has 7 heteroatoms. The number of fused-ring (bicyclic) bond motifs is 1. The molecule has 1 amide bonds. The maximum atomic E-state index is 12.0. The molecule has 1 aromatic carbocycles. The zero-order chi connectivity index (χ0) is 15.4. The molecule has 0 fully saturated rings. The minimum absolute atomic E-state index is 0.0505. The molecule has 0 aliphatic carbocycles. The van der Waals surface area contributed by atoms with Gasteiger partial charge in [-0.25, -0.2) is 4.98 Å². The second-order valence-electron chi connectivity index (χ2n) is 5.18. The number of nitrogens with zero attached hydrogens (tertiary/aromatic N) is 3. The standard InChI is InChI=1S/C15H18N4O3/c1-11(18-15(20)6-7-19-10-16-9-17-19)14-8-21-12-4-2-3-5-13(12)22-14/h2-5,9-11,14H,6-8H2,1H3,(H,18,20). The van der Waals surface area contributed by atoms with Gasteiger partial charge in [0.1, 0.15) is 19.3 Å². The second kappa shape index (κ2) is 6.46. The summed E-state index contributed by atoms with van der Waals surface area (Å²) in [4.78, 5) is 15.8. The molecule has 0 saturated heterocycles. The summed E-state index contributed by atoms with van der Waals surface area (Å²) in [5.41, 5.74) is 0. The summed E-state index contributed by atoms with van der Waals surface area (Å²) in [5, 5.41) is 6.90. The van der Waals surface area contributed by atoms with Crippen LogP contribution in [0.5, 0.6) is 11.5 Å². The molecule has 2 atom stereocenters. The number of aromatic nitrogens is 3. The highest BCUT2D eigenvalue weighted by molar-refractivity contribution is 5.76. The summed E-state index contributed by atoms with van der Waals surface area (Å²) < 4.78 is 13.2. The van der Waals surface area contributed by atoms with Crippen LogP contribution in [-0.2, 0) is 11.3 Å². The van der Waals surface area contributed by atoms with E-state index in [2.05, 4.69) is 15.4 Å². The minimum Gasteiger partial charge on any atom is -0.486 e. The van der Waals surface area contributed by atoms with E-state index >= 15 is 0 Å². The summed E-state index contributed by atoms with van der Waals surface area (Å²) in [6.45, 7) is 2.83. The Hall–Kier alpha value is -2.57. The van der Waals surface area contributed by atoms with Gasteiger partial charge in [-0.1, -0.05) is 12.1 Å². The van der Waals surface area contributed by atoms with Crippen LogP contribution in [0.4, 0.5) is 0 Å². The summed E-state index contributed by atoms with van der Waals surface area (Å²) in [6, 6.07) is 7.38. The van der Waals surface area contributed by atoms with Crippen molar-refractivity contribution in [2.75, 3.05) is 6.61 Å². The SMILES string of the molecule is CC(NC(=O)CCn1cncn1)C1COc2ccccc2O1. The zero-order valence-corrected chi connectivity index (χ0v) is 12.3. The van der Waals surface area contributed by atoms with Gasteiger partial charge in [0.05, 0.1) is 12.6 Å². The lowest BCUT2D eigenvalue weighted by atomic mass is 10.1. The zero-order valence-electron chi connectivity index (χ0n) is 12.3. The molecule has 1 aromatic heterocycles. The van der Waals surface area contributed by atoms with Crippen molar-refractivity contribution in [2.45, 2.75) is 32.0 Å². The Morgan fingerprint density at radius 1 is 1.45 bits per heavy atom. The van der Waals surface area contributed by atoms with Crippen LogP contribution in [0.3, 0.4) is 0 Å². The van der Waals surface area contributed by atoms with E-state index in [9.17, 15) is 4.79 Å². The maximum absolute atomic E-state index is 12.0. The average molecular weight is 302 g/mol. The Bertz CT molecular complexity index is 629. The minimum atomic E-state index is -0.203. The molecular weight excluding hydrogens is 284 g/mol. The van der Waals surface area contributed by atoms with Crippen molar-refractivity contribution in [3.05, 3.63) is 36.9 Å². The number of rotatable bonds is 5. The molecule has 0 bridgehead atoms. The van der Waals surface area contributed by atoms with E-state index in [1.165, 1.54) is 6.33 Å². The second-order valence-corrected chi connectivity index (χ2v) is 5.18. The van der Waals surface area contributed by atoms with Gasteiger partial charge in [0, 0.05) is 6.42 Å². The first kappa shape index (κ1) is 14.4. The normalized spacial score (nSPS) is 17.8. The van der Waals surface area contributed by atoms with Crippen LogP contribution >= 0.6 is 0 Å². The summed E-state index contributed by atoms with van der Waals surface area (Å²) in [5.74, 6) is 1.40. The fraction of sp³-hybridized carbons (Fsp3) is 0.400. The molecule has 1 aliphatic heterocycles. The van der Waals surface area contributed by atoms with Gasteiger partial charge in [0.25, 0.3) is 0 Å². The Morgan fingerprint density at radius 3 is 3.05 bits per heavy atom. The van der Waals surface area contributed by atoms with Crippen LogP contribution in [0.2, 0.25) is 0 Å². The Morgan fingerprint density at radius 2 is 2.27 bits per heavy atom. The molecule has 116 valence electrons. The molecule has 1 N–H and O–H groups in total. The molecule has 0 saturated carbocycles. The van der Waals surface area contributed by atoms with Gasteiger partial charge in [0.15, 0.2) is 17.6 Å². The number of ether oxygens (including phenoxy) is 2. The average Bonchev–Trinajstić information content (AvgIpc) is 3.06. The van der Waals surface area contributed by atoms with Gasteiger partial charge < -0.3 is 14.8 Å². The van der Waals surface area contributed by atoms with E-state index in [0.717, 1.165) is 5.75 Å². The topological polar surface area (TPSA) is 78.3 Å². The molecule has 0 radical (unpaired) electrons. The Labute approximate surface area is 128 Å². The van der Waals surface area contributed by atoms with Gasteiger partial charge in [-0.05, 0) is 19.1 Å². The molecule has 7 nitrogen and oxygen atoms in total. The number of aryl methyl sites for hydroxylation is 1. The van der Waals surface area contributed by atoms with Crippen molar-refractivity contribution in [2.24, 2.45) is 0 Å². The maximum Gasteiger partial charge on any atom is 0.222 e. The molecule has 0 spiro atoms. The highest BCUT2D eigenvalue weighted by Crippen LogP contribution is 2.31. The Balaban J connectivity index is 1.50. The van der Waals surface area contributed by atoms with Crippen LogP contribution in [0.1, 0.15) is 13.3 Å². The fourth-order valence-electron chi connectivity index (χ4n) is 2.27. The third-order valence-corrected chi connectivity index (χ3v) is 3.51. The highest BCUT2D eigenvalue weighted by Gasteiger charge is 2.26. The lowest BCUT2D eigenvalue weighted by Crippen LogP contribution is -2.48. The van der Waals surface area contributed by atoms with Crippen LogP contribution in [-0.4, -0.2) is 39.4 Å². The largest absolute Gasteiger partial charge is 0.486 e. The molecule has 1 aliphatic rings. The lowest BCUT2D eigenvalue weighted by Gasteiger charge is -2.30. The van der Waals surface area contributed by atoms with E-state index in [-0.39, 0.29) is 18.1 Å².